The van der Waals surface area contributed by atoms with E-state index in [1.165, 1.54) is 11.8 Å². The summed E-state index contributed by atoms with van der Waals surface area (Å²) < 4.78 is 5.26. The Morgan fingerprint density at radius 1 is 1.06 bits per heavy atom. The Bertz CT molecular complexity index is 1460. The van der Waals surface area contributed by atoms with Gasteiger partial charge in [0.15, 0.2) is 5.16 Å². The fourth-order valence-electron chi connectivity index (χ4n) is 3.43. The fraction of sp³-hybridized carbons (Fsp3) is 0.111. The van der Waals surface area contributed by atoms with E-state index in [0.717, 1.165) is 11.1 Å². The van der Waals surface area contributed by atoms with Gasteiger partial charge in [-0.05, 0) is 41.0 Å². The van der Waals surface area contributed by atoms with Gasteiger partial charge >= 0.3 is 6.03 Å². The molecule has 1 aromatic heterocycles. The van der Waals surface area contributed by atoms with Crippen LogP contribution in [0.5, 0.6) is 5.75 Å². The summed E-state index contributed by atoms with van der Waals surface area (Å²) in [6.07, 6.45) is 0. The van der Waals surface area contributed by atoms with Crippen molar-refractivity contribution in [3.05, 3.63) is 112 Å². The summed E-state index contributed by atoms with van der Waals surface area (Å²) >= 11 is 1.33. The molecule has 0 fully saturated rings. The number of urea groups is 1. The second kappa shape index (κ2) is 11.7. The Balaban J connectivity index is 1.44. The quantitative estimate of drug-likeness (QED) is 0.167. The highest BCUT2D eigenvalue weighted by Gasteiger charge is 2.15. The Hall–Kier alpha value is -4.55. The largest absolute Gasteiger partial charge is 0.497 e. The van der Waals surface area contributed by atoms with Crippen molar-refractivity contribution < 1.29 is 9.53 Å². The normalized spacial score (nSPS) is 10.3. The first-order valence-corrected chi connectivity index (χ1v) is 12.0. The molecule has 0 saturated heterocycles. The number of H-pyrrole nitrogens is 1. The molecule has 0 aliphatic heterocycles. The average molecular weight is 498 g/mol. The van der Waals surface area contributed by atoms with Gasteiger partial charge in [-0.15, -0.1) is 0 Å². The topological polar surface area (TPSA) is 100 Å². The molecular weight excluding hydrogens is 474 g/mol. The number of carbonyl (C=O) groups is 1. The number of ether oxygens (including phenoxy) is 1. The number of benzene rings is 3. The van der Waals surface area contributed by atoms with Crippen LogP contribution in [0.25, 0.3) is 16.1 Å². The van der Waals surface area contributed by atoms with Gasteiger partial charge in [-0.3, -0.25) is 4.79 Å². The van der Waals surface area contributed by atoms with Gasteiger partial charge in [0.1, 0.15) is 5.75 Å². The van der Waals surface area contributed by atoms with Crippen LogP contribution in [-0.2, 0) is 12.3 Å². The van der Waals surface area contributed by atoms with E-state index in [-0.39, 0.29) is 11.7 Å². The minimum atomic E-state index is -0.495. The van der Waals surface area contributed by atoms with Gasteiger partial charge in [-0.1, -0.05) is 66.4 Å². The van der Waals surface area contributed by atoms with Crippen LogP contribution in [0.1, 0.15) is 11.1 Å². The summed E-state index contributed by atoms with van der Waals surface area (Å²) in [4.78, 5) is 35.5. The maximum absolute atomic E-state index is 12.6. The smallest absolute Gasteiger partial charge is 0.319 e. The highest BCUT2D eigenvalue weighted by molar-refractivity contribution is 7.98. The summed E-state index contributed by atoms with van der Waals surface area (Å²) in [6.45, 7) is 7.85. The van der Waals surface area contributed by atoms with Crippen molar-refractivity contribution in [3.8, 4) is 17.0 Å². The molecule has 36 heavy (non-hydrogen) atoms. The lowest BCUT2D eigenvalue weighted by Gasteiger charge is -2.10. The molecule has 4 rings (SSSR count). The standard InChI is InChI=1S/C27H23N5O3S/c1-28-24-23(20-11-7-13-22(15-20)35-2)31-27(32-25(24)33)36-17-19-10-6-12-21(14-19)30-26(34)29-16-18-8-4-3-5-9-18/h3-15H,16-17H2,2H3,(H2,29,30,34)(H,31,32,33). The van der Waals surface area contributed by atoms with Crippen LogP contribution in [0.3, 0.4) is 0 Å². The molecule has 4 aromatic rings. The van der Waals surface area contributed by atoms with Crippen LogP contribution >= 0.6 is 11.8 Å². The molecular formula is C27H23N5O3S. The van der Waals surface area contributed by atoms with E-state index in [9.17, 15) is 9.59 Å². The molecule has 0 aliphatic rings. The number of rotatable bonds is 8. The number of aromatic amines is 1. The van der Waals surface area contributed by atoms with Gasteiger partial charge in [-0.2, -0.15) is 0 Å². The number of nitrogens with zero attached hydrogens (tertiary/aromatic N) is 2. The summed E-state index contributed by atoms with van der Waals surface area (Å²) in [5.74, 6) is 1.11. The SMILES string of the molecule is [C-]#[N+]c1c(-c2cccc(OC)c2)nc(SCc2cccc(NC(=O)NCc3ccccc3)c2)[nH]c1=O. The predicted molar refractivity (Wildman–Crippen MR) is 141 cm³/mol. The second-order valence-electron chi connectivity index (χ2n) is 7.69. The number of methoxy groups -OCH3 is 1. The molecule has 180 valence electrons. The van der Waals surface area contributed by atoms with Crippen molar-refractivity contribution in [1.29, 1.82) is 0 Å². The zero-order valence-corrected chi connectivity index (χ0v) is 20.3. The molecule has 8 nitrogen and oxygen atoms in total. The lowest BCUT2D eigenvalue weighted by atomic mass is 10.1. The van der Waals surface area contributed by atoms with Crippen molar-refractivity contribution in [2.45, 2.75) is 17.5 Å². The maximum Gasteiger partial charge on any atom is 0.319 e. The molecule has 0 radical (unpaired) electrons. The minimum absolute atomic E-state index is 0.0692. The predicted octanol–water partition coefficient (Wildman–Crippen LogP) is 5.61. The van der Waals surface area contributed by atoms with Crippen LogP contribution in [0.4, 0.5) is 16.2 Å². The van der Waals surface area contributed by atoms with Crippen molar-refractivity contribution in [1.82, 2.24) is 15.3 Å². The first-order chi connectivity index (χ1) is 17.6. The van der Waals surface area contributed by atoms with Crippen LogP contribution < -0.4 is 20.9 Å². The van der Waals surface area contributed by atoms with Gasteiger partial charge in [-0.25, -0.2) is 14.6 Å². The monoisotopic (exact) mass is 497 g/mol. The summed E-state index contributed by atoms with van der Waals surface area (Å²) in [7, 11) is 1.55. The molecule has 3 aromatic carbocycles. The number of nitrogens with one attached hydrogen (secondary N) is 3. The Morgan fingerprint density at radius 3 is 2.61 bits per heavy atom. The number of carbonyl (C=O) groups excluding carboxylic acids is 1. The second-order valence-corrected chi connectivity index (χ2v) is 8.66. The van der Waals surface area contributed by atoms with Crippen LogP contribution in [0.15, 0.2) is 88.8 Å². The van der Waals surface area contributed by atoms with E-state index >= 15 is 0 Å². The van der Waals surface area contributed by atoms with Crippen molar-refractivity contribution in [2.24, 2.45) is 0 Å². The van der Waals surface area contributed by atoms with Crippen LogP contribution in [-0.4, -0.2) is 23.1 Å². The molecule has 0 unspecified atom stereocenters. The van der Waals surface area contributed by atoms with E-state index < -0.39 is 5.56 Å². The van der Waals surface area contributed by atoms with Gasteiger partial charge in [0, 0.05) is 18.0 Å². The van der Waals surface area contributed by atoms with Crippen LogP contribution in [0.2, 0.25) is 0 Å². The number of hydrogen-bond donors (Lipinski definition) is 3. The third-order valence-corrected chi connectivity index (χ3v) is 6.13. The fourth-order valence-corrected chi connectivity index (χ4v) is 4.24. The molecule has 0 saturated carbocycles. The number of aromatic nitrogens is 2. The molecule has 2 amide bonds. The highest BCUT2D eigenvalue weighted by atomic mass is 32.2. The average Bonchev–Trinajstić information content (AvgIpc) is 2.91. The van der Waals surface area contributed by atoms with E-state index in [0.29, 0.717) is 40.1 Å². The van der Waals surface area contributed by atoms with Crippen LogP contribution in [0, 0.1) is 6.57 Å². The number of anilines is 1. The molecule has 9 heteroatoms. The third-order valence-electron chi connectivity index (χ3n) is 5.18. The summed E-state index contributed by atoms with van der Waals surface area (Å²) in [5.41, 5.74) is 2.96. The van der Waals surface area contributed by atoms with E-state index in [1.807, 2.05) is 54.6 Å². The van der Waals surface area contributed by atoms with Crippen molar-refractivity contribution in [3.63, 3.8) is 0 Å². The van der Waals surface area contributed by atoms with Crippen molar-refractivity contribution in [2.75, 3.05) is 12.4 Å². The molecule has 3 N–H and O–H groups in total. The first kappa shape index (κ1) is 24.6. The van der Waals surface area contributed by atoms with E-state index in [4.69, 9.17) is 11.3 Å². The Morgan fingerprint density at radius 2 is 1.83 bits per heavy atom. The lowest BCUT2D eigenvalue weighted by molar-refractivity contribution is 0.251. The summed E-state index contributed by atoms with van der Waals surface area (Å²) in [5, 5.41) is 6.06. The van der Waals surface area contributed by atoms with Gasteiger partial charge in [0.2, 0.25) is 0 Å². The van der Waals surface area contributed by atoms with E-state index in [1.54, 1.807) is 31.4 Å². The third kappa shape index (κ3) is 6.31. The zero-order valence-electron chi connectivity index (χ0n) is 19.4. The molecule has 0 aliphatic carbocycles. The molecule has 1 heterocycles. The number of hydrogen-bond acceptors (Lipinski definition) is 5. The number of thioether (sulfide) groups is 1. The molecule has 0 spiro atoms. The Labute approximate surface area is 212 Å². The minimum Gasteiger partial charge on any atom is -0.497 e. The van der Waals surface area contributed by atoms with Gasteiger partial charge < -0.3 is 20.4 Å². The van der Waals surface area contributed by atoms with Gasteiger partial charge in [0.05, 0.1) is 19.4 Å². The maximum atomic E-state index is 12.6. The zero-order chi connectivity index (χ0) is 25.3. The lowest BCUT2D eigenvalue weighted by Crippen LogP contribution is -2.28. The van der Waals surface area contributed by atoms with Gasteiger partial charge in [0.25, 0.3) is 11.2 Å². The Kier molecular flexibility index (Phi) is 8.01. The highest BCUT2D eigenvalue weighted by Crippen LogP contribution is 2.30. The molecule has 0 atom stereocenters. The summed E-state index contributed by atoms with van der Waals surface area (Å²) in [6, 6.07) is 23.9. The molecule has 0 bridgehead atoms. The number of amides is 2. The van der Waals surface area contributed by atoms with E-state index in [2.05, 4.69) is 25.4 Å². The first-order valence-electron chi connectivity index (χ1n) is 11.0. The van der Waals surface area contributed by atoms with Crippen molar-refractivity contribution >= 4 is 29.2 Å².